The Bertz CT molecular complexity index is 856. The van der Waals surface area contributed by atoms with Gasteiger partial charge in [-0.2, -0.15) is 15.4 Å². The van der Waals surface area contributed by atoms with Crippen LogP contribution in [0.15, 0.2) is 18.2 Å². The standard InChI is InChI=1S/C20H27N5O3/c1-28-12-2-9-25-14-20(6-5-18(25)26)7-10-24(11-8-20)19(27)15-3-4-16-17(13-15)22-23-21-16/h3-4,13H,2,5-12,14H2,1H3,(H,21,22,23). The van der Waals surface area contributed by atoms with Crippen molar-refractivity contribution in [1.29, 1.82) is 0 Å². The van der Waals surface area contributed by atoms with Gasteiger partial charge in [-0.15, -0.1) is 0 Å². The molecular weight excluding hydrogens is 358 g/mol. The molecule has 2 fully saturated rings. The van der Waals surface area contributed by atoms with Crippen molar-refractivity contribution in [2.75, 3.05) is 39.9 Å². The van der Waals surface area contributed by atoms with Crippen LogP contribution in [-0.4, -0.2) is 76.9 Å². The van der Waals surface area contributed by atoms with Gasteiger partial charge in [-0.25, -0.2) is 0 Å². The first-order chi connectivity index (χ1) is 13.6. The Kier molecular flexibility index (Phi) is 5.30. The van der Waals surface area contributed by atoms with Crippen molar-refractivity contribution in [3.05, 3.63) is 23.8 Å². The van der Waals surface area contributed by atoms with Gasteiger partial charge in [0.2, 0.25) is 5.91 Å². The third-order valence-corrected chi connectivity index (χ3v) is 6.20. The molecule has 8 heteroatoms. The van der Waals surface area contributed by atoms with Crippen LogP contribution in [0.5, 0.6) is 0 Å². The highest BCUT2D eigenvalue weighted by Gasteiger charge is 2.41. The van der Waals surface area contributed by atoms with Crippen molar-refractivity contribution in [2.45, 2.75) is 32.1 Å². The van der Waals surface area contributed by atoms with Gasteiger partial charge in [0, 0.05) is 51.9 Å². The van der Waals surface area contributed by atoms with Gasteiger partial charge in [0.15, 0.2) is 0 Å². The van der Waals surface area contributed by atoms with Crippen molar-refractivity contribution < 1.29 is 14.3 Å². The molecule has 0 aliphatic carbocycles. The van der Waals surface area contributed by atoms with Crippen LogP contribution in [0, 0.1) is 5.41 Å². The molecule has 0 unspecified atom stereocenters. The van der Waals surface area contributed by atoms with Crippen molar-refractivity contribution >= 4 is 22.8 Å². The zero-order chi connectivity index (χ0) is 19.6. The molecule has 0 bridgehead atoms. The number of rotatable bonds is 5. The number of aromatic nitrogens is 3. The van der Waals surface area contributed by atoms with Crippen LogP contribution in [0.4, 0.5) is 0 Å². The summed E-state index contributed by atoms with van der Waals surface area (Å²) in [7, 11) is 1.69. The largest absolute Gasteiger partial charge is 0.385 e. The molecule has 1 aromatic carbocycles. The van der Waals surface area contributed by atoms with Gasteiger partial charge in [-0.05, 0) is 49.3 Å². The molecule has 0 radical (unpaired) electrons. The summed E-state index contributed by atoms with van der Waals surface area (Å²) in [6, 6.07) is 5.43. The second-order valence-corrected chi connectivity index (χ2v) is 7.98. The van der Waals surface area contributed by atoms with Crippen LogP contribution in [0.2, 0.25) is 0 Å². The Hall–Kier alpha value is -2.48. The number of aromatic amines is 1. The first kappa shape index (κ1) is 18.9. The Morgan fingerprint density at radius 1 is 1.21 bits per heavy atom. The summed E-state index contributed by atoms with van der Waals surface area (Å²) in [5.74, 6) is 0.296. The zero-order valence-corrected chi connectivity index (χ0v) is 16.3. The predicted molar refractivity (Wildman–Crippen MR) is 104 cm³/mol. The fraction of sp³-hybridized carbons (Fsp3) is 0.600. The molecule has 8 nitrogen and oxygen atoms in total. The molecule has 1 N–H and O–H groups in total. The molecule has 2 aromatic rings. The van der Waals surface area contributed by atoms with E-state index in [1.165, 1.54) is 0 Å². The van der Waals surface area contributed by atoms with Gasteiger partial charge in [0.1, 0.15) is 11.0 Å². The van der Waals surface area contributed by atoms with Gasteiger partial charge in [-0.1, -0.05) is 0 Å². The Morgan fingerprint density at radius 3 is 2.79 bits per heavy atom. The molecule has 4 rings (SSSR count). The monoisotopic (exact) mass is 385 g/mol. The van der Waals surface area contributed by atoms with Crippen LogP contribution in [0.25, 0.3) is 11.0 Å². The number of nitrogens with one attached hydrogen (secondary N) is 1. The second-order valence-electron chi connectivity index (χ2n) is 7.98. The summed E-state index contributed by atoms with van der Waals surface area (Å²) < 4.78 is 5.12. The highest BCUT2D eigenvalue weighted by Crippen LogP contribution is 2.40. The lowest BCUT2D eigenvalue weighted by molar-refractivity contribution is -0.139. The number of H-pyrrole nitrogens is 1. The number of benzene rings is 1. The van der Waals surface area contributed by atoms with Crippen LogP contribution in [0.3, 0.4) is 0 Å². The molecule has 150 valence electrons. The number of hydrogen-bond acceptors (Lipinski definition) is 5. The van der Waals surface area contributed by atoms with Gasteiger partial charge >= 0.3 is 0 Å². The van der Waals surface area contributed by atoms with Crippen molar-refractivity contribution in [1.82, 2.24) is 25.2 Å². The van der Waals surface area contributed by atoms with E-state index in [9.17, 15) is 9.59 Å². The van der Waals surface area contributed by atoms with Crippen LogP contribution >= 0.6 is 0 Å². The smallest absolute Gasteiger partial charge is 0.253 e. The average Bonchev–Trinajstić information content (AvgIpc) is 3.19. The van der Waals surface area contributed by atoms with Crippen LogP contribution in [-0.2, 0) is 9.53 Å². The number of hydrogen-bond donors (Lipinski definition) is 1. The third-order valence-electron chi connectivity index (χ3n) is 6.20. The zero-order valence-electron chi connectivity index (χ0n) is 16.3. The Labute approximate surface area is 164 Å². The molecule has 1 spiro atoms. The van der Waals surface area contributed by atoms with E-state index in [2.05, 4.69) is 15.4 Å². The lowest BCUT2D eigenvalue weighted by Crippen LogP contribution is -2.52. The fourth-order valence-electron chi connectivity index (χ4n) is 4.45. The summed E-state index contributed by atoms with van der Waals surface area (Å²) in [5.41, 5.74) is 2.26. The predicted octanol–water partition coefficient (Wildman–Crippen LogP) is 1.84. The van der Waals surface area contributed by atoms with Crippen molar-refractivity contribution in [2.24, 2.45) is 5.41 Å². The number of methoxy groups -OCH3 is 1. The topological polar surface area (TPSA) is 91.4 Å². The quantitative estimate of drug-likeness (QED) is 0.793. The number of piperidine rings is 2. The highest BCUT2D eigenvalue weighted by atomic mass is 16.5. The second kappa shape index (κ2) is 7.87. The highest BCUT2D eigenvalue weighted by molar-refractivity contribution is 5.97. The summed E-state index contributed by atoms with van der Waals surface area (Å²) in [6.45, 7) is 3.71. The lowest BCUT2D eigenvalue weighted by Gasteiger charge is -2.47. The van der Waals surface area contributed by atoms with E-state index in [1.807, 2.05) is 21.9 Å². The number of ether oxygens (including phenoxy) is 1. The average molecular weight is 385 g/mol. The van der Waals surface area contributed by atoms with Gasteiger partial charge in [-0.3, -0.25) is 9.59 Å². The first-order valence-electron chi connectivity index (χ1n) is 9.97. The van der Waals surface area contributed by atoms with E-state index in [-0.39, 0.29) is 17.2 Å². The van der Waals surface area contributed by atoms with Gasteiger partial charge in [0.25, 0.3) is 5.91 Å². The number of carbonyl (C=O) groups is 2. The molecule has 28 heavy (non-hydrogen) atoms. The lowest BCUT2D eigenvalue weighted by atomic mass is 9.72. The first-order valence-corrected chi connectivity index (χ1v) is 9.97. The number of amides is 2. The van der Waals surface area contributed by atoms with E-state index in [1.54, 1.807) is 13.2 Å². The van der Waals surface area contributed by atoms with Crippen LogP contribution < -0.4 is 0 Å². The molecule has 2 aliphatic heterocycles. The maximum Gasteiger partial charge on any atom is 0.253 e. The van der Waals surface area contributed by atoms with E-state index in [4.69, 9.17) is 4.74 Å². The van der Waals surface area contributed by atoms with E-state index in [0.717, 1.165) is 57.4 Å². The van der Waals surface area contributed by atoms with E-state index >= 15 is 0 Å². The number of nitrogens with zero attached hydrogens (tertiary/aromatic N) is 4. The normalized spacial score (nSPS) is 19.5. The summed E-state index contributed by atoms with van der Waals surface area (Å²) in [6.07, 6.45) is 4.30. The summed E-state index contributed by atoms with van der Waals surface area (Å²) >= 11 is 0. The number of carbonyl (C=O) groups excluding carboxylic acids is 2. The van der Waals surface area contributed by atoms with Crippen molar-refractivity contribution in [3.8, 4) is 0 Å². The number of fused-ring (bicyclic) bond motifs is 1. The minimum atomic E-state index is 0.0450. The number of likely N-dealkylation sites (tertiary alicyclic amines) is 2. The van der Waals surface area contributed by atoms with Gasteiger partial charge < -0.3 is 14.5 Å². The maximum absolute atomic E-state index is 12.9. The molecule has 0 saturated carbocycles. The summed E-state index contributed by atoms with van der Waals surface area (Å²) in [4.78, 5) is 29.1. The minimum Gasteiger partial charge on any atom is -0.385 e. The van der Waals surface area contributed by atoms with Crippen LogP contribution in [0.1, 0.15) is 42.5 Å². The van der Waals surface area contributed by atoms with E-state index < -0.39 is 0 Å². The molecule has 3 heterocycles. The Morgan fingerprint density at radius 2 is 2.00 bits per heavy atom. The third kappa shape index (κ3) is 3.73. The molecule has 1 aromatic heterocycles. The van der Waals surface area contributed by atoms with Gasteiger partial charge in [0.05, 0.1) is 0 Å². The van der Waals surface area contributed by atoms with E-state index in [0.29, 0.717) is 24.1 Å². The summed E-state index contributed by atoms with van der Waals surface area (Å²) in [5, 5.41) is 10.7. The maximum atomic E-state index is 12.9. The SMILES string of the molecule is COCCCN1CC2(CCC1=O)CCN(C(=O)c1ccc3n[nH]nc3c1)CC2. The van der Waals surface area contributed by atoms with Crippen molar-refractivity contribution in [3.63, 3.8) is 0 Å². The molecule has 2 saturated heterocycles. The molecular formula is C20H27N5O3. The Balaban J connectivity index is 1.38. The minimum absolute atomic E-state index is 0.0450. The molecule has 0 atom stereocenters. The fourth-order valence-corrected chi connectivity index (χ4v) is 4.45. The molecule has 2 amide bonds. The molecule has 2 aliphatic rings.